The van der Waals surface area contributed by atoms with Crippen LogP contribution >= 0.6 is 23.2 Å². The number of amides is 1. The third-order valence-electron chi connectivity index (χ3n) is 3.57. The molecule has 0 aliphatic carbocycles. The van der Waals surface area contributed by atoms with Gasteiger partial charge in [0.25, 0.3) is 10.0 Å². The van der Waals surface area contributed by atoms with Crippen LogP contribution < -0.4 is 9.62 Å². The molecule has 1 N–H and O–H groups in total. The zero-order chi connectivity index (χ0) is 22.0. The van der Waals surface area contributed by atoms with Crippen molar-refractivity contribution in [1.29, 1.82) is 0 Å². The first kappa shape index (κ1) is 23.0. The van der Waals surface area contributed by atoms with Gasteiger partial charge in [0.2, 0.25) is 11.1 Å². The highest BCUT2D eigenvalue weighted by Crippen LogP contribution is 2.37. The topological polar surface area (TPSA) is 83.6 Å². The minimum atomic E-state index is -4.76. The van der Waals surface area contributed by atoms with Gasteiger partial charge in [-0.3, -0.25) is 13.9 Å². The van der Waals surface area contributed by atoms with Gasteiger partial charge < -0.3 is 5.32 Å². The molecule has 0 atom stereocenters. The Bertz CT molecular complexity index is 1040. The maximum atomic E-state index is 13.1. The lowest BCUT2D eigenvalue weighted by Gasteiger charge is -2.25. The molecule has 1 amide bonds. The van der Waals surface area contributed by atoms with E-state index in [1.807, 2.05) is 0 Å². The lowest BCUT2D eigenvalue weighted by atomic mass is 10.2. The highest BCUT2D eigenvalue weighted by molar-refractivity contribution is 7.92. The molecule has 0 aromatic heterocycles. The van der Waals surface area contributed by atoms with Crippen LogP contribution in [-0.2, 0) is 25.8 Å². The van der Waals surface area contributed by atoms with Gasteiger partial charge in [0.05, 0.1) is 21.2 Å². The second-order valence-electron chi connectivity index (χ2n) is 5.74. The maximum Gasteiger partial charge on any atom is 0.416 e. The van der Waals surface area contributed by atoms with Crippen molar-refractivity contribution in [3.63, 3.8) is 0 Å². The number of benzene rings is 2. The fraction of sp³-hybridized carbons (Fsp3) is 0.176. The monoisotopic (exact) mass is 468 g/mol. The molecule has 0 fully saturated rings. The average molecular weight is 469 g/mol. The van der Waals surface area contributed by atoms with Crippen molar-refractivity contribution >= 4 is 55.7 Å². The summed E-state index contributed by atoms with van der Waals surface area (Å²) in [4.78, 5) is 22.1. The fourth-order valence-electron chi connectivity index (χ4n) is 2.33. The van der Waals surface area contributed by atoms with Crippen LogP contribution in [0.3, 0.4) is 0 Å². The summed E-state index contributed by atoms with van der Waals surface area (Å²) in [6.45, 7) is 0.312. The molecule has 0 saturated heterocycles. The van der Waals surface area contributed by atoms with Crippen LogP contribution in [0.2, 0.25) is 5.02 Å². The first-order valence-electron chi connectivity index (χ1n) is 7.78. The van der Waals surface area contributed by atoms with Gasteiger partial charge in [0, 0.05) is 12.6 Å². The Balaban J connectivity index is 2.57. The summed E-state index contributed by atoms with van der Waals surface area (Å²) in [6, 6.07) is 6.88. The largest absolute Gasteiger partial charge is 0.416 e. The highest BCUT2D eigenvalue weighted by Gasteiger charge is 2.34. The van der Waals surface area contributed by atoms with Gasteiger partial charge >= 0.3 is 6.18 Å². The maximum absolute atomic E-state index is 13.1. The predicted molar refractivity (Wildman–Crippen MR) is 103 cm³/mol. The molecule has 0 aliphatic heterocycles. The lowest BCUT2D eigenvalue weighted by Crippen LogP contribution is -2.35. The number of rotatable bonds is 6. The Morgan fingerprint density at radius 1 is 1.10 bits per heavy atom. The zero-order valence-electron chi connectivity index (χ0n) is 14.6. The van der Waals surface area contributed by atoms with Crippen molar-refractivity contribution in [3.8, 4) is 0 Å². The van der Waals surface area contributed by atoms with E-state index in [0.717, 1.165) is 18.2 Å². The summed E-state index contributed by atoms with van der Waals surface area (Å²) >= 11 is 11.2. The van der Waals surface area contributed by atoms with E-state index >= 15 is 0 Å². The Morgan fingerprint density at radius 2 is 1.69 bits per heavy atom. The van der Waals surface area contributed by atoms with E-state index in [0.29, 0.717) is 22.1 Å². The lowest BCUT2D eigenvalue weighted by molar-refractivity contribution is -0.137. The van der Waals surface area contributed by atoms with E-state index in [-0.39, 0.29) is 15.8 Å². The highest BCUT2D eigenvalue weighted by atomic mass is 35.5. The number of nitrogens with one attached hydrogen (secondary N) is 1. The van der Waals surface area contributed by atoms with Gasteiger partial charge in [-0.25, -0.2) is 8.42 Å². The number of alkyl halides is 3. The van der Waals surface area contributed by atoms with Crippen LogP contribution in [0.15, 0.2) is 47.4 Å². The quantitative estimate of drug-likeness (QED) is 0.641. The van der Waals surface area contributed by atoms with Gasteiger partial charge in [-0.1, -0.05) is 11.6 Å². The minimum Gasteiger partial charge on any atom is -0.326 e. The Kier molecular flexibility index (Phi) is 6.82. The van der Waals surface area contributed by atoms with Crippen LogP contribution in [0.1, 0.15) is 12.5 Å². The molecule has 2 aromatic rings. The molecule has 2 rings (SSSR count). The van der Waals surface area contributed by atoms with E-state index in [2.05, 4.69) is 5.32 Å². The molecule has 2 aromatic carbocycles. The second kappa shape index (κ2) is 8.60. The molecule has 0 unspecified atom stereocenters. The number of carbonyl (C=O) groups excluding carboxylic acids is 2. The van der Waals surface area contributed by atoms with Crippen molar-refractivity contribution in [2.75, 3.05) is 16.2 Å². The SMILES string of the molecule is CC(=O)Nc1ccc(S(=O)(=O)N(CC(=O)Cl)c2cc(C(F)(F)F)ccc2Cl)cc1. The number of halogens is 5. The summed E-state index contributed by atoms with van der Waals surface area (Å²) in [7, 11) is -4.52. The van der Waals surface area contributed by atoms with Crippen molar-refractivity contribution < 1.29 is 31.2 Å². The molecule has 156 valence electrons. The number of hydrogen-bond acceptors (Lipinski definition) is 4. The number of hydrogen-bond donors (Lipinski definition) is 1. The molecular formula is C17H13Cl2F3N2O4S. The van der Waals surface area contributed by atoms with Crippen molar-refractivity contribution in [2.45, 2.75) is 18.0 Å². The summed E-state index contributed by atoms with van der Waals surface area (Å²) < 4.78 is 65.6. The first-order chi connectivity index (χ1) is 13.3. The standard InChI is InChI=1S/C17H13Cl2F3N2O4S/c1-10(25)23-12-3-5-13(6-4-12)29(27,28)24(9-16(19)26)15-8-11(17(20,21)22)2-7-14(15)18/h2-8H,9H2,1H3,(H,23,25). The molecule has 0 saturated carbocycles. The van der Waals surface area contributed by atoms with Gasteiger partial charge in [-0.05, 0) is 54.1 Å². The molecule has 0 spiro atoms. The Morgan fingerprint density at radius 3 is 2.17 bits per heavy atom. The van der Waals surface area contributed by atoms with Crippen LogP contribution in [0, 0.1) is 0 Å². The average Bonchev–Trinajstić information content (AvgIpc) is 2.59. The first-order valence-corrected chi connectivity index (χ1v) is 9.97. The summed E-state index contributed by atoms with van der Waals surface area (Å²) in [5, 5.41) is 0.989. The van der Waals surface area contributed by atoms with E-state index < -0.39 is 39.2 Å². The molecule has 29 heavy (non-hydrogen) atoms. The van der Waals surface area contributed by atoms with Crippen LogP contribution in [0.25, 0.3) is 0 Å². The van der Waals surface area contributed by atoms with Gasteiger partial charge in [0.15, 0.2) is 0 Å². The van der Waals surface area contributed by atoms with E-state index in [4.69, 9.17) is 23.2 Å². The third kappa shape index (κ3) is 5.62. The smallest absolute Gasteiger partial charge is 0.326 e. The summed E-state index contributed by atoms with van der Waals surface area (Å²) in [6.07, 6.45) is -4.76. The van der Waals surface area contributed by atoms with E-state index in [1.54, 1.807) is 0 Å². The van der Waals surface area contributed by atoms with E-state index in [1.165, 1.54) is 19.1 Å². The van der Waals surface area contributed by atoms with Crippen LogP contribution in [0.5, 0.6) is 0 Å². The Hall–Kier alpha value is -2.30. The molecular weight excluding hydrogens is 456 g/mol. The van der Waals surface area contributed by atoms with Crippen molar-refractivity contribution in [2.24, 2.45) is 0 Å². The third-order valence-corrected chi connectivity index (χ3v) is 5.79. The fourth-order valence-corrected chi connectivity index (χ4v) is 4.23. The number of nitrogens with zero attached hydrogens (tertiary/aromatic N) is 1. The minimum absolute atomic E-state index is 0.300. The molecule has 0 aliphatic rings. The van der Waals surface area contributed by atoms with Crippen molar-refractivity contribution in [3.05, 3.63) is 53.1 Å². The van der Waals surface area contributed by atoms with Gasteiger partial charge in [0.1, 0.15) is 6.54 Å². The van der Waals surface area contributed by atoms with E-state index in [9.17, 15) is 31.2 Å². The second-order valence-corrected chi connectivity index (χ2v) is 8.43. The van der Waals surface area contributed by atoms with Crippen LogP contribution in [0.4, 0.5) is 24.5 Å². The summed E-state index contributed by atoms with van der Waals surface area (Å²) in [5.74, 6) is -0.384. The number of sulfonamides is 1. The molecule has 0 radical (unpaired) electrons. The number of anilines is 2. The molecule has 12 heteroatoms. The number of carbonyl (C=O) groups is 2. The van der Waals surface area contributed by atoms with Gasteiger partial charge in [-0.15, -0.1) is 0 Å². The van der Waals surface area contributed by atoms with Gasteiger partial charge in [-0.2, -0.15) is 13.2 Å². The normalized spacial score (nSPS) is 11.8. The predicted octanol–water partition coefficient (Wildman–Crippen LogP) is 4.28. The zero-order valence-corrected chi connectivity index (χ0v) is 17.0. The molecule has 0 bridgehead atoms. The van der Waals surface area contributed by atoms with Crippen molar-refractivity contribution in [1.82, 2.24) is 0 Å². The Labute approximate surface area is 174 Å². The molecule has 0 heterocycles. The summed E-state index contributed by atoms with van der Waals surface area (Å²) in [5.41, 5.74) is -1.41. The molecule has 6 nitrogen and oxygen atoms in total. The van der Waals surface area contributed by atoms with Crippen LogP contribution in [-0.4, -0.2) is 26.1 Å².